The Hall–Kier alpha value is -1.47. The Labute approximate surface area is 206 Å². The molecule has 2 rings (SSSR count). The predicted octanol–water partition coefficient (Wildman–Crippen LogP) is 6.12. The summed E-state index contributed by atoms with van der Waals surface area (Å²) in [6.45, 7) is 5.54. The number of nitrogens with one attached hydrogen (secondary N) is 1. The van der Waals surface area contributed by atoms with Crippen LogP contribution in [0.15, 0.2) is 40.9 Å². The maximum atomic E-state index is 13.2. The molecule has 0 saturated carbocycles. The van der Waals surface area contributed by atoms with Gasteiger partial charge in [0, 0.05) is 17.6 Å². The van der Waals surface area contributed by atoms with E-state index in [4.69, 9.17) is 39.5 Å². The largest absolute Gasteiger partial charge is 0.483 e. The van der Waals surface area contributed by atoms with Crippen LogP contribution < -0.4 is 10.1 Å². The molecule has 1 N–H and O–H groups in total. The van der Waals surface area contributed by atoms with E-state index >= 15 is 0 Å². The molecule has 0 aliphatic carbocycles. The van der Waals surface area contributed by atoms with Gasteiger partial charge in [-0.3, -0.25) is 9.59 Å². The van der Waals surface area contributed by atoms with E-state index in [1.165, 1.54) is 4.90 Å². The van der Waals surface area contributed by atoms with Crippen LogP contribution in [-0.4, -0.2) is 35.4 Å². The second-order valence-electron chi connectivity index (χ2n) is 7.22. The highest BCUT2D eigenvalue weighted by molar-refractivity contribution is 9.10. The molecule has 2 aromatic carbocycles. The highest BCUT2D eigenvalue weighted by Crippen LogP contribution is 2.28. The van der Waals surface area contributed by atoms with E-state index in [0.29, 0.717) is 31.7 Å². The Morgan fingerprint density at radius 3 is 2.39 bits per heavy atom. The molecule has 9 heteroatoms. The van der Waals surface area contributed by atoms with Gasteiger partial charge in [-0.25, -0.2) is 0 Å². The number of ether oxygens (including phenoxy) is 1. The molecule has 0 saturated heterocycles. The molecule has 0 radical (unpaired) electrons. The van der Waals surface area contributed by atoms with Crippen LogP contribution in [0.5, 0.6) is 5.75 Å². The van der Waals surface area contributed by atoms with Crippen molar-refractivity contribution in [1.29, 1.82) is 0 Å². The summed E-state index contributed by atoms with van der Waals surface area (Å²) in [4.78, 5) is 27.5. The zero-order valence-electron chi connectivity index (χ0n) is 17.4. The van der Waals surface area contributed by atoms with Gasteiger partial charge in [0.2, 0.25) is 5.91 Å². The molecule has 1 atom stereocenters. The molecule has 0 aliphatic rings. The molecule has 2 aromatic rings. The summed E-state index contributed by atoms with van der Waals surface area (Å²) in [5, 5.41) is 4.23. The highest BCUT2D eigenvalue weighted by atomic mass is 79.9. The van der Waals surface area contributed by atoms with Gasteiger partial charge in [-0.1, -0.05) is 47.8 Å². The first-order valence-corrected chi connectivity index (χ1v) is 11.7. The summed E-state index contributed by atoms with van der Waals surface area (Å²) in [7, 11) is 0. The van der Waals surface area contributed by atoms with E-state index < -0.39 is 6.04 Å². The van der Waals surface area contributed by atoms with E-state index in [1.54, 1.807) is 36.4 Å². The van der Waals surface area contributed by atoms with Crippen LogP contribution in [0.2, 0.25) is 15.1 Å². The lowest BCUT2D eigenvalue weighted by atomic mass is 10.1. The average Bonchev–Trinajstić information content (AvgIpc) is 2.69. The molecule has 0 heterocycles. The van der Waals surface area contributed by atoms with Crippen LogP contribution in [0.3, 0.4) is 0 Å². The van der Waals surface area contributed by atoms with Crippen molar-refractivity contribution in [3.05, 3.63) is 61.5 Å². The first kappa shape index (κ1) is 25.8. The number of rotatable bonds is 9. The third-order valence-corrected chi connectivity index (χ3v) is 5.99. The lowest BCUT2D eigenvalue weighted by Crippen LogP contribution is -2.51. The van der Waals surface area contributed by atoms with Gasteiger partial charge in [0.1, 0.15) is 11.8 Å². The van der Waals surface area contributed by atoms with Crippen molar-refractivity contribution in [1.82, 2.24) is 10.2 Å². The molecule has 0 unspecified atom stereocenters. The van der Waals surface area contributed by atoms with E-state index in [-0.39, 0.29) is 31.0 Å². The summed E-state index contributed by atoms with van der Waals surface area (Å²) < 4.78 is 6.33. The number of hydrogen-bond donors (Lipinski definition) is 1. The number of benzene rings is 2. The zero-order valence-corrected chi connectivity index (χ0v) is 21.3. The summed E-state index contributed by atoms with van der Waals surface area (Å²) in [5.74, 6) is -0.0795. The second kappa shape index (κ2) is 12.0. The van der Waals surface area contributed by atoms with Crippen LogP contribution in [0.1, 0.15) is 32.8 Å². The molecular weight excluding hydrogens is 527 g/mol. The van der Waals surface area contributed by atoms with Crippen LogP contribution in [0.4, 0.5) is 0 Å². The zero-order chi connectivity index (χ0) is 23.1. The molecule has 5 nitrogen and oxygen atoms in total. The van der Waals surface area contributed by atoms with E-state index in [9.17, 15) is 9.59 Å². The average molecular weight is 551 g/mol. The van der Waals surface area contributed by atoms with Crippen molar-refractivity contribution < 1.29 is 14.3 Å². The highest BCUT2D eigenvalue weighted by Gasteiger charge is 2.29. The monoisotopic (exact) mass is 548 g/mol. The SMILES string of the molecule is CC[C@H](C(=O)NC(C)C)N(Cc1ccc(Cl)c(Cl)c1)C(=O)COc1ccc(Cl)cc1Br. The van der Waals surface area contributed by atoms with Gasteiger partial charge in [0.25, 0.3) is 5.91 Å². The molecule has 0 aromatic heterocycles. The molecule has 0 spiro atoms. The first-order chi connectivity index (χ1) is 14.6. The van der Waals surface area contributed by atoms with E-state index in [0.717, 1.165) is 5.56 Å². The third kappa shape index (κ3) is 7.56. The number of hydrogen-bond acceptors (Lipinski definition) is 3. The molecule has 0 fully saturated rings. The number of nitrogens with zero attached hydrogens (tertiary/aromatic N) is 1. The lowest BCUT2D eigenvalue weighted by molar-refractivity contribution is -0.143. The second-order valence-corrected chi connectivity index (χ2v) is 9.33. The Bertz CT molecular complexity index is 940. The van der Waals surface area contributed by atoms with Gasteiger partial charge in [0.05, 0.1) is 14.5 Å². The van der Waals surface area contributed by atoms with Crippen LogP contribution in [-0.2, 0) is 16.1 Å². The van der Waals surface area contributed by atoms with Crippen molar-refractivity contribution in [2.24, 2.45) is 0 Å². The standard InChI is InChI=1S/C22H24BrCl3N2O3/c1-4-19(22(30)27-13(2)3)28(11-14-5-7-17(25)18(26)9-14)21(29)12-31-20-8-6-15(24)10-16(20)23/h5-10,13,19H,4,11-12H2,1-3H3,(H,27,30)/t19-/m1/s1. The van der Waals surface area contributed by atoms with Crippen molar-refractivity contribution >= 4 is 62.5 Å². The van der Waals surface area contributed by atoms with Crippen molar-refractivity contribution in [2.75, 3.05) is 6.61 Å². The smallest absolute Gasteiger partial charge is 0.261 e. The fraction of sp³-hybridized carbons (Fsp3) is 0.364. The number of carbonyl (C=O) groups excluding carboxylic acids is 2. The minimum Gasteiger partial charge on any atom is -0.483 e. The maximum Gasteiger partial charge on any atom is 0.261 e. The molecular formula is C22H24BrCl3N2O3. The quantitative estimate of drug-likeness (QED) is 0.409. The van der Waals surface area contributed by atoms with Gasteiger partial charge in [-0.05, 0) is 72.1 Å². The normalized spacial score (nSPS) is 11.9. The van der Waals surface area contributed by atoms with Gasteiger partial charge >= 0.3 is 0 Å². The van der Waals surface area contributed by atoms with Gasteiger partial charge in [-0.15, -0.1) is 0 Å². The minimum atomic E-state index is -0.665. The number of carbonyl (C=O) groups is 2. The topological polar surface area (TPSA) is 58.6 Å². The Morgan fingerprint density at radius 1 is 1.10 bits per heavy atom. The van der Waals surface area contributed by atoms with E-state index in [1.807, 2.05) is 20.8 Å². The van der Waals surface area contributed by atoms with E-state index in [2.05, 4.69) is 21.2 Å². The molecule has 2 amide bonds. The maximum absolute atomic E-state index is 13.2. The first-order valence-electron chi connectivity index (χ1n) is 9.74. The van der Waals surface area contributed by atoms with Crippen LogP contribution in [0, 0.1) is 0 Å². The lowest BCUT2D eigenvalue weighted by Gasteiger charge is -2.31. The van der Waals surface area contributed by atoms with Gasteiger partial charge in [-0.2, -0.15) is 0 Å². The van der Waals surface area contributed by atoms with Crippen molar-refractivity contribution in [2.45, 2.75) is 45.8 Å². The van der Waals surface area contributed by atoms with Crippen molar-refractivity contribution in [3.63, 3.8) is 0 Å². The van der Waals surface area contributed by atoms with Crippen molar-refractivity contribution in [3.8, 4) is 5.75 Å². The summed E-state index contributed by atoms with van der Waals surface area (Å²) in [5.41, 5.74) is 0.756. The molecule has 31 heavy (non-hydrogen) atoms. The fourth-order valence-corrected chi connectivity index (χ4v) is 4.07. The molecule has 0 aliphatic heterocycles. The fourth-order valence-electron chi connectivity index (χ4n) is 2.95. The van der Waals surface area contributed by atoms with Crippen LogP contribution in [0.25, 0.3) is 0 Å². The number of amides is 2. The Kier molecular flexibility index (Phi) is 9.94. The van der Waals surface area contributed by atoms with Crippen LogP contribution >= 0.6 is 50.7 Å². The predicted molar refractivity (Wildman–Crippen MR) is 129 cm³/mol. The third-order valence-electron chi connectivity index (χ3n) is 4.40. The Morgan fingerprint density at radius 2 is 1.81 bits per heavy atom. The molecule has 0 bridgehead atoms. The summed E-state index contributed by atoms with van der Waals surface area (Å²) in [6.07, 6.45) is 0.441. The van der Waals surface area contributed by atoms with Gasteiger partial charge in [0.15, 0.2) is 6.61 Å². The van der Waals surface area contributed by atoms with Gasteiger partial charge < -0.3 is 15.0 Å². The summed E-state index contributed by atoms with van der Waals surface area (Å²) in [6, 6.07) is 9.44. The Balaban J connectivity index is 2.26. The number of halogens is 4. The molecule has 168 valence electrons. The minimum absolute atomic E-state index is 0.0512. The summed E-state index contributed by atoms with van der Waals surface area (Å²) >= 11 is 21.5.